The molecule has 0 aromatic heterocycles. The molecule has 1 unspecified atom stereocenters. The van der Waals surface area contributed by atoms with Crippen LogP contribution in [0.4, 0.5) is 0 Å². The fourth-order valence-corrected chi connectivity index (χ4v) is 0.364. The third-order valence-electron chi connectivity index (χ3n) is 1.04. The van der Waals surface area contributed by atoms with Crippen LogP contribution in [0.2, 0.25) is 0 Å². The van der Waals surface area contributed by atoms with Crippen LogP contribution in [-0.4, -0.2) is 17.7 Å². The molecule has 1 radical (unpaired) electrons. The minimum Gasteiger partial charge on any atom is -0.481 e. The molecule has 0 heterocycles. The molecule has 0 rings (SSSR count). The summed E-state index contributed by atoms with van der Waals surface area (Å²) in [5.74, 6) is -1.67. The first kappa shape index (κ1) is 7.43. The zero-order valence-electron chi connectivity index (χ0n) is 4.76. The summed E-state index contributed by atoms with van der Waals surface area (Å²) < 4.78 is 0. The molecule has 0 saturated heterocycles. The Labute approximate surface area is 47.9 Å². The molecule has 1 atom stereocenters. The molecule has 0 saturated carbocycles. The van der Waals surface area contributed by atoms with Crippen molar-refractivity contribution in [2.45, 2.75) is 13.3 Å². The average molecular weight is 117 g/mol. The van der Waals surface area contributed by atoms with Gasteiger partial charge in [0.1, 0.15) is 0 Å². The third kappa shape index (κ3) is 1.93. The highest BCUT2D eigenvalue weighted by atomic mass is 16.4. The Morgan fingerprint density at radius 3 is 2.25 bits per heavy atom. The van der Waals surface area contributed by atoms with Crippen LogP contribution in [0.25, 0.3) is 0 Å². The van der Waals surface area contributed by atoms with Crippen LogP contribution in [-0.2, 0) is 9.90 Å². The normalized spacial score (nSPS) is 13.2. The van der Waals surface area contributed by atoms with Crippen molar-refractivity contribution in [1.82, 2.24) is 0 Å². The lowest BCUT2D eigenvalue weighted by Crippen LogP contribution is -2.15. The van der Waals surface area contributed by atoms with Crippen molar-refractivity contribution in [3.8, 4) is 0 Å². The van der Waals surface area contributed by atoms with Crippen LogP contribution in [0.3, 0.4) is 0 Å². The summed E-state index contributed by atoms with van der Waals surface area (Å²) in [7, 11) is 0. The SMILES string of the molecule is CCC(C[O])C(=O)O. The van der Waals surface area contributed by atoms with Crippen molar-refractivity contribution in [3.05, 3.63) is 0 Å². The van der Waals surface area contributed by atoms with Gasteiger partial charge in [-0.3, -0.25) is 4.79 Å². The fraction of sp³-hybridized carbons (Fsp3) is 0.800. The number of carbonyl (C=O) groups is 1. The second-order valence-corrected chi connectivity index (χ2v) is 1.61. The molecule has 0 aromatic rings. The van der Waals surface area contributed by atoms with Gasteiger partial charge < -0.3 is 5.11 Å². The van der Waals surface area contributed by atoms with E-state index in [1.807, 2.05) is 0 Å². The van der Waals surface area contributed by atoms with Crippen LogP contribution in [0.15, 0.2) is 0 Å². The van der Waals surface area contributed by atoms with Gasteiger partial charge in [-0.2, -0.15) is 0 Å². The van der Waals surface area contributed by atoms with Crippen LogP contribution >= 0.6 is 0 Å². The largest absolute Gasteiger partial charge is 0.481 e. The molecular formula is C5H9O3. The number of carboxylic acid groups (broad SMARTS) is 1. The molecule has 0 aliphatic heterocycles. The quantitative estimate of drug-likeness (QED) is 0.586. The molecule has 3 nitrogen and oxygen atoms in total. The predicted octanol–water partition coefficient (Wildman–Crippen LogP) is 0.528. The van der Waals surface area contributed by atoms with E-state index >= 15 is 0 Å². The van der Waals surface area contributed by atoms with Gasteiger partial charge in [-0.25, -0.2) is 5.11 Å². The highest BCUT2D eigenvalue weighted by Crippen LogP contribution is 1.99. The lowest BCUT2D eigenvalue weighted by Gasteiger charge is -2.00. The summed E-state index contributed by atoms with van der Waals surface area (Å²) >= 11 is 0. The summed E-state index contributed by atoms with van der Waals surface area (Å²) in [6.07, 6.45) is 0.429. The minimum atomic E-state index is -0.984. The third-order valence-corrected chi connectivity index (χ3v) is 1.04. The summed E-state index contributed by atoms with van der Waals surface area (Å²) in [5, 5.41) is 18.1. The van der Waals surface area contributed by atoms with E-state index in [1.54, 1.807) is 6.92 Å². The summed E-state index contributed by atoms with van der Waals surface area (Å²) in [4.78, 5) is 9.96. The average Bonchev–Trinajstić information content (AvgIpc) is 1.69. The Balaban J connectivity index is 3.52. The molecule has 47 valence electrons. The van der Waals surface area contributed by atoms with E-state index < -0.39 is 18.5 Å². The van der Waals surface area contributed by atoms with E-state index in [1.165, 1.54) is 0 Å². The van der Waals surface area contributed by atoms with Crippen LogP contribution in [0, 0.1) is 5.92 Å². The van der Waals surface area contributed by atoms with Crippen molar-refractivity contribution < 1.29 is 15.0 Å². The smallest absolute Gasteiger partial charge is 0.308 e. The number of rotatable bonds is 3. The number of aliphatic carboxylic acids is 1. The predicted molar refractivity (Wildman–Crippen MR) is 27.0 cm³/mol. The second kappa shape index (κ2) is 3.43. The second-order valence-electron chi connectivity index (χ2n) is 1.61. The van der Waals surface area contributed by atoms with Crippen molar-refractivity contribution in [2.24, 2.45) is 5.92 Å². The Kier molecular flexibility index (Phi) is 3.19. The first-order valence-corrected chi connectivity index (χ1v) is 2.53. The van der Waals surface area contributed by atoms with Gasteiger partial charge in [0.15, 0.2) is 0 Å². The van der Waals surface area contributed by atoms with E-state index in [9.17, 15) is 9.90 Å². The lowest BCUT2D eigenvalue weighted by atomic mass is 10.1. The topological polar surface area (TPSA) is 57.2 Å². The van der Waals surface area contributed by atoms with Gasteiger partial charge in [0.2, 0.25) is 0 Å². The van der Waals surface area contributed by atoms with Crippen molar-refractivity contribution in [3.63, 3.8) is 0 Å². The van der Waals surface area contributed by atoms with Gasteiger partial charge in [0, 0.05) is 0 Å². The maximum atomic E-state index is 9.96. The Bertz CT molecular complexity index is 75.7. The molecule has 1 N–H and O–H groups in total. The highest BCUT2D eigenvalue weighted by molar-refractivity contribution is 5.69. The zero-order valence-corrected chi connectivity index (χ0v) is 4.76. The molecular weight excluding hydrogens is 108 g/mol. The fourth-order valence-electron chi connectivity index (χ4n) is 0.364. The number of hydrogen-bond donors (Lipinski definition) is 1. The molecule has 0 bridgehead atoms. The molecule has 3 heteroatoms. The standard InChI is InChI=1S/C5H9O3/c1-2-4(3-6)5(7)8/h4H,2-3H2,1H3,(H,7,8). The molecule has 8 heavy (non-hydrogen) atoms. The van der Waals surface area contributed by atoms with Gasteiger partial charge in [-0.1, -0.05) is 6.92 Å². The van der Waals surface area contributed by atoms with Gasteiger partial charge in [0.05, 0.1) is 12.5 Å². The molecule has 0 aliphatic rings. The van der Waals surface area contributed by atoms with Gasteiger partial charge in [0.25, 0.3) is 0 Å². The van der Waals surface area contributed by atoms with E-state index in [0.717, 1.165) is 0 Å². The monoisotopic (exact) mass is 117 g/mol. The van der Waals surface area contributed by atoms with Crippen molar-refractivity contribution in [2.75, 3.05) is 6.61 Å². The summed E-state index contributed by atoms with van der Waals surface area (Å²) in [6, 6.07) is 0. The van der Waals surface area contributed by atoms with E-state index in [2.05, 4.69) is 0 Å². The molecule has 0 fully saturated rings. The van der Waals surface area contributed by atoms with E-state index in [-0.39, 0.29) is 0 Å². The Morgan fingerprint density at radius 1 is 1.75 bits per heavy atom. The molecule has 0 spiro atoms. The lowest BCUT2D eigenvalue weighted by molar-refractivity contribution is -0.143. The van der Waals surface area contributed by atoms with Gasteiger partial charge in [-0.15, -0.1) is 0 Å². The minimum absolute atomic E-state index is 0.429. The summed E-state index contributed by atoms with van der Waals surface area (Å²) in [5.41, 5.74) is 0. The molecule has 0 aliphatic carbocycles. The van der Waals surface area contributed by atoms with Gasteiger partial charge >= 0.3 is 5.97 Å². The summed E-state index contributed by atoms with van der Waals surface area (Å²) in [6.45, 7) is 1.18. The maximum absolute atomic E-state index is 9.96. The number of carboxylic acids is 1. The van der Waals surface area contributed by atoms with E-state index in [0.29, 0.717) is 6.42 Å². The van der Waals surface area contributed by atoms with Crippen LogP contribution < -0.4 is 0 Å². The first-order valence-electron chi connectivity index (χ1n) is 2.53. The highest BCUT2D eigenvalue weighted by Gasteiger charge is 2.12. The molecule has 0 amide bonds. The first-order chi connectivity index (χ1) is 3.72. The van der Waals surface area contributed by atoms with Crippen LogP contribution in [0.1, 0.15) is 13.3 Å². The van der Waals surface area contributed by atoms with Crippen molar-refractivity contribution >= 4 is 5.97 Å². The number of hydrogen-bond acceptors (Lipinski definition) is 1. The van der Waals surface area contributed by atoms with Gasteiger partial charge in [-0.05, 0) is 6.42 Å². The van der Waals surface area contributed by atoms with E-state index in [4.69, 9.17) is 5.11 Å². The Hall–Kier alpha value is -0.570. The maximum Gasteiger partial charge on any atom is 0.308 e. The van der Waals surface area contributed by atoms with Crippen LogP contribution in [0.5, 0.6) is 0 Å². The Morgan fingerprint density at radius 2 is 2.25 bits per heavy atom. The molecule has 0 aromatic carbocycles. The zero-order chi connectivity index (χ0) is 6.57. The van der Waals surface area contributed by atoms with Crippen molar-refractivity contribution in [1.29, 1.82) is 0 Å².